The van der Waals surface area contributed by atoms with Crippen LogP contribution >= 0.6 is 34.5 Å². The van der Waals surface area contributed by atoms with E-state index in [2.05, 4.69) is 12.2 Å². The molecular weight excluding hydrogens is 301 g/mol. The van der Waals surface area contributed by atoms with E-state index in [0.717, 1.165) is 10.0 Å². The van der Waals surface area contributed by atoms with Gasteiger partial charge in [-0.15, -0.1) is 11.3 Å². The van der Waals surface area contributed by atoms with Crippen molar-refractivity contribution in [2.24, 2.45) is 0 Å². The molecule has 0 saturated carbocycles. The van der Waals surface area contributed by atoms with Crippen LogP contribution in [0.4, 0.5) is 5.69 Å². The van der Waals surface area contributed by atoms with Crippen LogP contribution in [0.2, 0.25) is 9.36 Å². The summed E-state index contributed by atoms with van der Waals surface area (Å²) in [6.45, 7) is 4.63. The summed E-state index contributed by atoms with van der Waals surface area (Å²) in [7, 11) is 0. The molecule has 0 amide bonds. The van der Waals surface area contributed by atoms with Crippen LogP contribution in [0.1, 0.15) is 24.8 Å². The minimum atomic E-state index is 0.187. The smallest absolute Gasteiger partial charge is 0.138 e. The zero-order valence-electron chi connectivity index (χ0n) is 10.7. The van der Waals surface area contributed by atoms with Crippen LogP contribution in [-0.4, -0.2) is 6.61 Å². The molecular formula is C14H15Cl2NOS. The lowest BCUT2D eigenvalue weighted by atomic mass is 10.2. The van der Waals surface area contributed by atoms with Crippen LogP contribution in [-0.2, 0) is 0 Å². The van der Waals surface area contributed by atoms with Gasteiger partial charge >= 0.3 is 0 Å². The average molecular weight is 316 g/mol. The van der Waals surface area contributed by atoms with Gasteiger partial charge in [0.15, 0.2) is 0 Å². The summed E-state index contributed by atoms with van der Waals surface area (Å²) >= 11 is 13.7. The quantitative estimate of drug-likeness (QED) is 0.772. The molecule has 1 unspecified atom stereocenters. The van der Waals surface area contributed by atoms with Crippen LogP contribution in [0.3, 0.4) is 0 Å². The number of ether oxygens (including phenoxy) is 1. The van der Waals surface area contributed by atoms with Crippen LogP contribution in [0.5, 0.6) is 5.75 Å². The molecule has 1 atom stereocenters. The summed E-state index contributed by atoms with van der Waals surface area (Å²) in [5.74, 6) is 0.710. The average Bonchev–Trinajstić information content (AvgIpc) is 2.80. The first-order valence-electron chi connectivity index (χ1n) is 6.04. The van der Waals surface area contributed by atoms with Gasteiger partial charge in [-0.3, -0.25) is 0 Å². The van der Waals surface area contributed by atoms with Crippen molar-refractivity contribution in [2.45, 2.75) is 19.9 Å². The minimum Gasteiger partial charge on any atom is -0.492 e. The highest BCUT2D eigenvalue weighted by atomic mass is 35.5. The maximum Gasteiger partial charge on any atom is 0.138 e. The SMILES string of the molecule is CCOc1ccc(NC(C)c2ccc(Cl)s2)cc1Cl. The second-order valence-corrected chi connectivity index (χ2v) is 6.24. The third-order valence-corrected chi connectivity index (χ3v) is 4.34. The van der Waals surface area contributed by atoms with Gasteiger partial charge in [0.1, 0.15) is 5.75 Å². The molecule has 0 fully saturated rings. The Kier molecular flexibility index (Phi) is 4.97. The molecule has 5 heteroatoms. The van der Waals surface area contributed by atoms with Gasteiger partial charge in [-0.2, -0.15) is 0 Å². The molecule has 1 N–H and O–H groups in total. The van der Waals surface area contributed by atoms with E-state index in [1.165, 1.54) is 4.88 Å². The van der Waals surface area contributed by atoms with Gasteiger partial charge in [-0.05, 0) is 44.2 Å². The molecule has 2 aromatic rings. The first kappa shape index (κ1) is 14.5. The Bertz CT molecular complexity index is 556. The standard InChI is InChI=1S/C14H15Cl2NOS/c1-3-18-12-5-4-10(8-11(12)15)17-9(2)13-6-7-14(16)19-13/h4-9,17H,3H2,1-2H3. The van der Waals surface area contributed by atoms with Crippen molar-refractivity contribution >= 4 is 40.2 Å². The Labute approximate surface area is 127 Å². The minimum absolute atomic E-state index is 0.187. The van der Waals surface area contributed by atoms with E-state index in [-0.39, 0.29) is 6.04 Å². The zero-order chi connectivity index (χ0) is 13.8. The highest BCUT2D eigenvalue weighted by molar-refractivity contribution is 7.16. The number of hydrogen-bond donors (Lipinski definition) is 1. The van der Waals surface area contributed by atoms with Crippen molar-refractivity contribution in [3.8, 4) is 5.75 Å². The summed E-state index contributed by atoms with van der Waals surface area (Å²) < 4.78 is 6.21. The number of benzene rings is 1. The molecule has 19 heavy (non-hydrogen) atoms. The van der Waals surface area contributed by atoms with E-state index in [1.807, 2.05) is 37.3 Å². The monoisotopic (exact) mass is 315 g/mol. The molecule has 1 aromatic carbocycles. The number of thiophene rings is 1. The lowest BCUT2D eigenvalue weighted by molar-refractivity contribution is 0.340. The Balaban J connectivity index is 2.09. The van der Waals surface area contributed by atoms with Gasteiger partial charge in [0.25, 0.3) is 0 Å². The van der Waals surface area contributed by atoms with Crippen molar-refractivity contribution < 1.29 is 4.74 Å². The molecule has 0 saturated heterocycles. The van der Waals surface area contributed by atoms with Crippen LogP contribution < -0.4 is 10.1 Å². The largest absolute Gasteiger partial charge is 0.492 e. The summed E-state index contributed by atoms with van der Waals surface area (Å²) in [6, 6.07) is 9.83. The third kappa shape index (κ3) is 3.78. The Morgan fingerprint density at radius 3 is 2.63 bits per heavy atom. The van der Waals surface area contributed by atoms with Crippen molar-refractivity contribution in [1.29, 1.82) is 0 Å². The maximum atomic E-state index is 6.16. The van der Waals surface area contributed by atoms with E-state index < -0.39 is 0 Å². The molecule has 2 rings (SSSR count). The predicted molar refractivity (Wildman–Crippen MR) is 84.0 cm³/mol. The van der Waals surface area contributed by atoms with E-state index >= 15 is 0 Å². The molecule has 0 spiro atoms. The first-order valence-corrected chi connectivity index (χ1v) is 7.61. The van der Waals surface area contributed by atoms with Crippen LogP contribution in [0, 0.1) is 0 Å². The number of rotatable bonds is 5. The number of nitrogens with one attached hydrogen (secondary N) is 1. The van der Waals surface area contributed by atoms with Crippen LogP contribution in [0.25, 0.3) is 0 Å². The van der Waals surface area contributed by atoms with Gasteiger partial charge in [-0.25, -0.2) is 0 Å². The van der Waals surface area contributed by atoms with Gasteiger partial charge in [0.2, 0.25) is 0 Å². The second-order valence-electron chi connectivity index (χ2n) is 4.09. The fourth-order valence-corrected chi connectivity index (χ4v) is 3.04. The number of anilines is 1. The highest BCUT2D eigenvalue weighted by Gasteiger charge is 2.09. The van der Waals surface area contributed by atoms with Crippen molar-refractivity contribution in [3.05, 3.63) is 44.6 Å². The predicted octanol–water partition coefficient (Wildman–Crippen LogP) is 5.63. The van der Waals surface area contributed by atoms with E-state index in [9.17, 15) is 0 Å². The molecule has 0 bridgehead atoms. The van der Waals surface area contributed by atoms with E-state index in [4.69, 9.17) is 27.9 Å². The normalized spacial score (nSPS) is 12.2. The Hall–Kier alpha value is -0.900. The van der Waals surface area contributed by atoms with Crippen molar-refractivity contribution in [1.82, 2.24) is 0 Å². The highest BCUT2D eigenvalue weighted by Crippen LogP contribution is 2.32. The molecule has 1 heterocycles. The molecule has 2 nitrogen and oxygen atoms in total. The molecule has 0 aliphatic carbocycles. The molecule has 1 aromatic heterocycles. The van der Waals surface area contributed by atoms with E-state index in [1.54, 1.807) is 11.3 Å². The summed E-state index contributed by atoms with van der Waals surface area (Å²) in [4.78, 5) is 1.19. The fraction of sp³-hybridized carbons (Fsp3) is 0.286. The van der Waals surface area contributed by atoms with E-state index in [0.29, 0.717) is 17.4 Å². The lowest BCUT2D eigenvalue weighted by Gasteiger charge is -2.15. The summed E-state index contributed by atoms with van der Waals surface area (Å²) in [5.41, 5.74) is 0.963. The fourth-order valence-electron chi connectivity index (χ4n) is 1.75. The van der Waals surface area contributed by atoms with Gasteiger partial charge < -0.3 is 10.1 Å². The Morgan fingerprint density at radius 1 is 1.26 bits per heavy atom. The van der Waals surface area contributed by atoms with Gasteiger partial charge in [-0.1, -0.05) is 23.2 Å². The van der Waals surface area contributed by atoms with Crippen LogP contribution in [0.15, 0.2) is 30.3 Å². The number of hydrogen-bond acceptors (Lipinski definition) is 3. The zero-order valence-corrected chi connectivity index (χ0v) is 13.1. The molecule has 102 valence electrons. The van der Waals surface area contributed by atoms with Gasteiger partial charge in [0.05, 0.1) is 22.0 Å². The van der Waals surface area contributed by atoms with Crippen molar-refractivity contribution in [2.75, 3.05) is 11.9 Å². The summed E-state index contributed by atoms with van der Waals surface area (Å²) in [5, 5.41) is 4.01. The molecule has 0 radical (unpaired) electrons. The Morgan fingerprint density at radius 2 is 2.05 bits per heavy atom. The molecule has 0 aliphatic rings. The van der Waals surface area contributed by atoms with Crippen molar-refractivity contribution in [3.63, 3.8) is 0 Å². The molecule has 0 aliphatic heterocycles. The third-order valence-electron chi connectivity index (χ3n) is 2.64. The second kappa shape index (κ2) is 6.51. The number of halogens is 2. The first-order chi connectivity index (χ1) is 9.10. The maximum absolute atomic E-state index is 6.16. The lowest BCUT2D eigenvalue weighted by Crippen LogP contribution is -2.04. The topological polar surface area (TPSA) is 21.3 Å². The van der Waals surface area contributed by atoms with Gasteiger partial charge in [0, 0.05) is 10.6 Å². The summed E-state index contributed by atoms with van der Waals surface area (Å²) in [6.07, 6.45) is 0.